The van der Waals surface area contributed by atoms with Crippen molar-refractivity contribution >= 4 is 11.9 Å². The summed E-state index contributed by atoms with van der Waals surface area (Å²) in [5.41, 5.74) is 1.04. The molecule has 1 saturated heterocycles. The SMILES string of the molecule is COC(=O)c1ccc(C(C)NC(=O)C2(c3ccc(OCC(F)(F)F)cc3)CCOCC2)cc1. The third-order valence-corrected chi connectivity index (χ3v) is 5.77. The van der Waals surface area contributed by atoms with Gasteiger partial charge in [0, 0.05) is 13.2 Å². The Morgan fingerprint density at radius 1 is 1.06 bits per heavy atom. The monoisotopic (exact) mass is 465 g/mol. The van der Waals surface area contributed by atoms with E-state index >= 15 is 0 Å². The Kier molecular flexibility index (Phi) is 7.63. The van der Waals surface area contributed by atoms with E-state index in [1.807, 2.05) is 6.92 Å². The normalized spacial score (nSPS) is 16.5. The molecule has 9 heteroatoms. The fraction of sp³-hybridized carbons (Fsp3) is 0.417. The minimum Gasteiger partial charge on any atom is -0.484 e. The molecule has 1 heterocycles. The zero-order chi connectivity index (χ0) is 24.1. The van der Waals surface area contributed by atoms with Crippen LogP contribution in [0.3, 0.4) is 0 Å². The zero-order valence-corrected chi connectivity index (χ0v) is 18.4. The van der Waals surface area contributed by atoms with Crippen molar-refractivity contribution in [2.24, 2.45) is 0 Å². The first-order valence-electron chi connectivity index (χ1n) is 10.5. The van der Waals surface area contributed by atoms with E-state index in [9.17, 15) is 22.8 Å². The smallest absolute Gasteiger partial charge is 0.422 e. The van der Waals surface area contributed by atoms with Crippen LogP contribution in [0.15, 0.2) is 48.5 Å². The van der Waals surface area contributed by atoms with E-state index in [0.29, 0.717) is 37.2 Å². The maximum Gasteiger partial charge on any atom is 0.422 e. The van der Waals surface area contributed by atoms with Crippen LogP contribution in [0, 0.1) is 0 Å². The topological polar surface area (TPSA) is 73.9 Å². The number of alkyl halides is 3. The average Bonchev–Trinajstić information content (AvgIpc) is 2.82. The van der Waals surface area contributed by atoms with E-state index < -0.39 is 24.2 Å². The molecule has 1 N–H and O–H groups in total. The van der Waals surface area contributed by atoms with Gasteiger partial charge in [-0.05, 0) is 55.2 Å². The van der Waals surface area contributed by atoms with Crippen LogP contribution in [-0.4, -0.2) is 45.0 Å². The second kappa shape index (κ2) is 10.2. The van der Waals surface area contributed by atoms with Crippen LogP contribution in [0.2, 0.25) is 0 Å². The van der Waals surface area contributed by atoms with Gasteiger partial charge in [0.1, 0.15) is 5.75 Å². The van der Waals surface area contributed by atoms with Gasteiger partial charge in [0.05, 0.1) is 24.1 Å². The van der Waals surface area contributed by atoms with Crippen molar-refractivity contribution in [1.29, 1.82) is 0 Å². The van der Waals surface area contributed by atoms with E-state index in [1.54, 1.807) is 36.4 Å². The van der Waals surface area contributed by atoms with Gasteiger partial charge in [0.25, 0.3) is 0 Å². The molecule has 1 fully saturated rings. The number of esters is 1. The molecule has 6 nitrogen and oxygen atoms in total. The summed E-state index contributed by atoms with van der Waals surface area (Å²) in [6, 6.07) is 12.6. The lowest BCUT2D eigenvalue weighted by Gasteiger charge is -2.37. The Morgan fingerprint density at radius 2 is 1.67 bits per heavy atom. The number of carbonyl (C=O) groups is 2. The summed E-state index contributed by atoms with van der Waals surface area (Å²) in [6.07, 6.45) is -3.54. The van der Waals surface area contributed by atoms with E-state index in [2.05, 4.69) is 5.32 Å². The predicted octanol–water partition coefficient (Wildman–Crippen LogP) is 4.34. The van der Waals surface area contributed by atoms with Gasteiger partial charge in [-0.3, -0.25) is 4.79 Å². The molecule has 1 aliphatic rings. The van der Waals surface area contributed by atoms with Crippen molar-refractivity contribution in [3.63, 3.8) is 0 Å². The minimum absolute atomic E-state index is 0.0813. The van der Waals surface area contributed by atoms with Crippen molar-refractivity contribution in [1.82, 2.24) is 5.32 Å². The van der Waals surface area contributed by atoms with Crippen molar-refractivity contribution in [3.05, 3.63) is 65.2 Å². The molecule has 0 spiro atoms. The van der Waals surface area contributed by atoms with Crippen LogP contribution in [0.5, 0.6) is 5.75 Å². The van der Waals surface area contributed by atoms with Gasteiger partial charge in [0.2, 0.25) is 5.91 Å². The second-order valence-electron chi connectivity index (χ2n) is 7.93. The van der Waals surface area contributed by atoms with Gasteiger partial charge in [-0.15, -0.1) is 0 Å². The van der Waals surface area contributed by atoms with Gasteiger partial charge < -0.3 is 19.5 Å². The number of methoxy groups -OCH3 is 1. The highest BCUT2D eigenvalue weighted by Gasteiger charge is 2.42. The van der Waals surface area contributed by atoms with Gasteiger partial charge in [0.15, 0.2) is 6.61 Å². The number of ether oxygens (including phenoxy) is 3. The average molecular weight is 465 g/mol. The van der Waals surface area contributed by atoms with Gasteiger partial charge in [-0.1, -0.05) is 24.3 Å². The lowest BCUT2D eigenvalue weighted by molar-refractivity contribution is -0.153. The molecular formula is C24H26F3NO5. The largest absolute Gasteiger partial charge is 0.484 e. The first-order valence-corrected chi connectivity index (χ1v) is 10.5. The number of carbonyl (C=O) groups excluding carboxylic acids is 2. The van der Waals surface area contributed by atoms with E-state index in [1.165, 1.54) is 19.2 Å². The molecule has 1 amide bonds. The van der Waals surface area contributed by atoms with Crippen molar-refractivity contribution in [2.45, 2.75) is 37.4 Å². The van der Waals surface area contributed by atoms with Gasteiger partial charge >= 0.3 is 12.1 Å². The molecule has 0 bridgehead atoms. The third-order valence-electron chi connectivity index (χ3n) is 5.77. The number of nitrogens with one attached hydrogen (secondary N) is 1. The molecule has 0 aromatic heterocycles. The van der Waals surface area contributed by atoms with Crippen LogP contribution in [-0.2, 0) is 19.7 Å². The third kappa shape index (κ3) is 6.04. The fourth-order valence-electron chi connectivity index (χ4n) is 3.85. The lowest BCUT2D eigenvalue weighted by Crippen LogP contribution is -2.48. The fourth-order valence-corrected chi connectivity index (χ4v) is 3.85. The highest BCUT2D eigenvalue weighted by molar-refractivity contribution is 5.90. The molecule has 3 rings (SSSR count). The quantitative estimate of drug-likeness (QED) is 0.616. The number of hydrogen-bond acceptors (Lipinski definition) is 5. The van der Waals surface area contributed by atoms with Crippen molar-refractivity contribution in [3.8, 4) is 5.75 Å². The Morgan fingerprint density at radius 3 is 2.21 bits per heavy atom. The molecule has 0 saturated carbocycles. The lowest BCUT2D eigenvalue weighted by atomic mass is 9.73. The Balaban J connectivity index is 1.76. The molecule has 1 aliphatic heterocycles. The molecule has 1 atom stereocenters. The summed E-state index contributed by atoms with van der Waals surface area (Å²) in [5.74, 6) is -0.556. The highest BCUT2D eigenvalue weighted by Crippen LogP contribution is 2.37. The van der Waals surface area contributed by atoms with E-state index in [0.717, 1.165) is 5.56 Å². The molecule has 33 heavy (non-hydrogen) atoms. The molecule has 0 aliphatic carbocycles. The second-order valence-corrected chi connectivity index (χ2v) is 7.93. The number of hydrogen-bond donors (Lipinski definition) is 1. The number of halogens is 3. The summed E-state index contributed by atoms with van der Waals surface area (Å²) >= 11 is 0. The van der Waals surface area contributed by atoms with Crippen LogP contribution < -0.4 is 10.1 Å². The first kappa shape index (κ1) is 24.6. The van der Waals surface area contributed by atoms with Crippen LogP contribution in [0.1, 0.15) is 47.3 Å². The summed E-state index contributed by atoms with van der Waals surface area (Å²) in [6.45, 7) is 1.24. The predicted molar refractivity (Wildman–Crippen MR) is 114 cm³/mol. The van der Waals surface area contributed by atoms with E-state index in [4.69, 9.17) is 14.2 Å². The van der Waals surface area contributed by atoms with Gasteiger partial charge in [-0.2, -0.15) is 13.2 Å². The number of benzene rings is 2. The molecule has 1 unspecified atom stereocenters. The van der Waals surface area contributed by atoms with Gasteiger partial charge in [-0.25, -0.2) is 4.79 Å². The van der Waals surface area contributed by atoms with E-state index in [-0.39, 0.29) is 17.7 Å². The van der Waals surface area contributed by atoms with Crippen LogP contribution >= 0.6 is 0 Å². The standard InChI is InChI=1S/C24H26F3NO5/c1-16(17-3-5-18(6-4-17)21(29)31-2)28-22(30)23(11-13-32-14-12-23)19-7-9-20(10-8-19)33-15-24(25,26)27/h3-10,16H,11-15H2,1-2H3,(H,28,30). The molecule has 178 valence electrons. The number of amides is 1. The summed E-state index contributed by atoms with van der Waals surface area (Å²) in [7, 11) is 1.31. The minimum atomic E-state index is -4.42. The molecule has 0 radical (unpaired) electrons. The van der Waals surface area contributed by atoms with Crippen LogP contribution in [0.25, 0.3) is 0 Å². The molecule has 2 aromatic rings. The summed E-state index contributed by atoms with van der Waals surface area (Å²) in [4.78, 5) is 25.1. The van der Waals surface area contributed by atoms with Crippen molar-refractivity contribution in [2.75, 3.05) is 26.9 Å². The van der Waals surface area contributed by atoms with Crippen LogP contribution in [0.4, 0.5) is 13.2 Å². The zero-order valence-electron chi connectivity index (χ0n) is 18.4. The molecule has 2 aromatic carbocycles. The first-order chi connectivity index (χ1) is 15.6. The Hall–Kier alpha value is -3.07. The molecular weight excluding hydrogens is 439 g/mol. The maximum absolute atomic E-state index is 13.4. The number of rotatable bonds is 7. The Labute approximate surface area is 190 Å². The summed E-state index contributed by atoms with van der Waals surface area (Å²) < 4.78 is 52.2. The summed E-state index contributed by atoms with van der Waals surface area (Å²) in [5, 5.41) is 3.04. The Bertz CT molecular complexity index is 952. The maximum atomic E-state index is 13.4. The highest BCUT2D eigenvalue weighted by atomic mass is 19.4. The van der Waals surface area contributed by atoms with Crippen molar-refractivity contribution < 1.29 is 37.0 Å².